The SMILES string of the molecule is CC1(C)OB(C(=Cc2ccc(F)cc2C#N)CNC(=O)OCC2c3ccccc3-c3ccccc32)OC1(C)C. The smallest absolute Gasteiger partial charge is 0.449 e. The fourth-order valence-electron chi connectivity index (χ4n) is 4.97. The van der Waals surface area contributed by atoms with Crippen molar-refractivity contribution >= 4 is 19.3 Å². The van der Waals surface area contributed by atoms with Crippen LogP contribution in [0, 0.1) is 17.1 Å². The minimum Gasteiger partial charge on any atom is -0.449 e. The number of carbonyl (C=O) groups excluding carboxylic acids is 1. The standard InChI is InChI=1S/C31H30BFN2O4/c1-30(2)31(3,4)39-32(38-30)22(15-20-13-14-23(33)16-21(20)17-34)18-35-29(36)37-19-28-26-11-7-5-9-24(26)25-10-6-8-12-27(25)28/h5-16,28H,18-19H2,1-4H3,(H,35,36). The number of nitrogens with one attached hydrogen (secondary N) is 1. The predicted octanol–water partition coefficient (Wildman–Crippen LogP) is 6.25. The van der Waals surface area contributed by atoms with E-state index in [2.05, 4.69) is 29.6 Å². The number of amides is 1. The van der Waals surface area contributed by atoms with E-state index in [9.17, 15) is 14.4 Å². The lowest BCUT2D eigenvalue weighted by Crippen LogP contribution is -2.41. The topological polar surface area (TPSA) is 80.6 Å². The van der Waals surface area contributed by atoms with Gasteiger partial charge >= 0.3 is 13.2 Å². The van der Waals surface area contributed by atoms with Gasteiger partial charge in [-0.25, -0.2) is 9.18 Å². The molecule has 0 saturated carbocycles. The zero-order valence-corrected chi connectivity index (χ0v) is 22.5. The Balaban J connectivity index is 1.33. The van der Waals surface area contributed by atoms with E-state index in [1.165, 1.54) is 18.2 Å². The summed E-state index contributed by atoms with van der Waals surface area (Å²) in [6.45, 7) is 7.97. The largest absolute Gasteiger partial charge is 0.492 e. The maximum absolute atomic E-state index is 13.7. The van der Waals surface area contributed by atoms with Crippen molar-refractivity contribution < 1.29 is 23.2 Å². The molecule has 6 nitrogen and oxygen atoms in total. The molecule has 0 aromatic heterocycles. The van der Waals surface area contributed by atoms with Gasteiger partial charge in [0.2, 0.25) is 0 Å². The minimum absolute atomic E-state index is 0.0513. The summed E-state index contributed by atoms with van der Waals surface area (Å²) >= 11 is 0. The number of halogens is 1. The Bertz CT molecular complexity index is 1430. The summed E-state index contributed by atoms with van der Waals surface area (Å²) in [5, 5.41) is 12.3. The van der Waals surface area contributed by atoms with E-state index < -0.39 is 30.2 Å². The second kappa shape index (κ2) is 10.3. The maximum Gasteiger partial charge on any atom is 0.492 e. The fourth-order valence-corrected chi connectivity index (χ4v) is 4.97. The summed E-state index contributed by atoms with van der Waals surface area (Å²) in [4.78, 5) is 12.9. The van der Waals surface area contributed by atoms with Crippen LogP contribution in [0.3, 0.4) is 0 Å². The number of carbonyl (C=O) groups is 1. The van der Waals surface area contributed by atoms with Crippen LogP contribution in [0.5, 0.6) is 0 Å². The molecule has 1 aliphatic heterocycles. The van der Waals surface area contributed by atoms with Gasteiger partial charge in [0, 0.05) is 12.5 Å². The third-order valence-electron chi connectivity index (χ3n) is 7.81. The summed E-state index contributed by atoms with van der Waals surface area (Å²) in [6.07, 6.45) is 1.11. The van der Waals surface area contributed by atoms with Gasteiger partial charge in [-0.3, -0.25) is 0 Å². The molecule has 39 heavy (non-hydrogen) atoms. The van der Waals surface area contributed by atoms with Crippen LogP contribution in [0.1, 0.15) is 55.9 Å². The maximum atomic E-state index is 13.7. The van der Waals surface area contributed by atoms with Crippen molar-refractivity contribution in [3.8, 4) is 17.2 Å². The number of nitrogens with zero attached hydrogens (tertiary/aromatic N) is 1. The van der Waals surface area contributed by atoms with Crippen LogP contribution in [0.2, 0.25) is 0 Å². The Morgan fingerprint density at radius 3 is 2.21 bits per heavy atom. The van der Waals surface area contributed by atoms with Crippen molar-refractivity contribution in [1.29, 1.82) is 5.26 Å². The van der Waals surface area contributed by atoms with Crippen LogP contribution in [-0.4, -0.2) is 37.6 Å². The molecule has 0 atom stereocenters. The van der Waals surface area contributed by atoms with Gasteiger partial charge in [-0.1, -0.05) is 60.7 Å². The number of hydrogen-bond donors (Lipinski definition) is 1. The summed E-state index contributed by atoms with van der Waals surface area (Å²) in [5.74, 6) is -0.559. The summed E-state index contributed by atoms with van der Waals surface area (Å²) in [7, 11) is -0.777. The van der Waals surface area contributed by atoms with Gasteiger partial charge in [-0.15, -0.1) is 0 Å². The number of alkyl carbamates (subject to hydrolysis) is 1. The molecule has 1 saturated heterocycles. The van der Waals surface area contributed by atoms with E-state index in [4.69, 9.17) is 14.0 Å². The lowest BCUT2D eigenvalue weighted by molar-refractivity contribution is 0.00578. The van der Waals surface area contributed by atoms with Crippen LogP contribution in [0.15, 0.2) is 72.2 Å². The molecule has 5 rings (SSSR count). The first kappa shape index (κ1) is 26.7. The van der Waals surface area contributed by atoms with Gasteiger partial charge < -0.3 is 19.4 Å². The normalized spacial score (nSPS) is 17.3. The summed E-state index contributed by atoms with van der Waals surface area (Å²) in [5.41, 5.74) is 4.59. The number of rotatable bonds is 6. The molecule has 1 aliphatic carbocycles. The highest BCUT2D eigenvalue weighted by molar-refractivity contribution is 6.56. The van der Waals surface area contributed by atoms with Crippen LogP contribution in [0.4, 0.5) is 9.18 Å². The molecule has 1 N–H and O–H groups in total. The summed E-state index contributed by atoms with van der Waals surface area (Å²) < 4.78 is 31.8. The Morgan fingerprint density at radius 2 is 1.62 bits per heavy atom. The zero-order chi connectivity index (χ0) is 27.8. The molecule has 3 aromatic rings. The first-order valence-electron chi connectivity index (χ1n) is 12.9. The Morgan fingerprint density at radius 1 is 1.03 bits per heavy atom. The lowest BCUT2D eigenvalue weighted by Gasteiger charge is -2.32. The fraction of sp³-hybridized carbons (Fsp3) is 0.290. The highest BCUT2D eigenvalue weighted by Crippen LogP contribution is 2.44. The molecule has 8 heteroatoms. The van der Waals surface area contributed by atoms with Gasteiger partial charge in [0.15, 0.2) is 0 Å². The number of nitriles is 1. The van der Waals surface area contributed by atoms with Crippen molar-refractivity contribution in [2.24, 2.45) is 0 Å². The molecular formula is C31H30BFN2O4. The van der Waals surface area contributed by atoms with E-state index >= 15 is 0 Å². The van der Waals surface area contributed by atoms with Gasteiger partial charge in [0.25, 0.3) is 0 Å². The number of hydrogen-bond acceptors (Lipinski definition) is 5. The molecule has 0 unspecified atom stereocenters. The quantitative estimate of drug-likeness (QED) is 0.386. The van der Waals surface area contributed by atoms with Crippen molar-refractivity contribution in [2.75, 3.05) is 13.2 Å². The van der Waals surface area contributed by atoms with Crippen LogP contribution in [0.25, 0.3) is 17.2 Å². The van der Waals surface area contributed by atoms with E-state index in [1.54, 1.807) is 6.08 Å². The zero-order valence-electron chi connectivity index (χ0n) is 22.5. The molecule has 3 aromatic carbocycles. The van der Waals surface area contributed by atoms with E-state index in [0.717, 1.165) is 22.3 Å². The van der Waals surface area contributed by atoms with Gasteiger partial charge in [0.05, 0.1) is 22.8 Å². The van der Waals surface area contributed by atoms with Crippen LogP contribution >= 0.6 is 0 Å². The molecule has 2 aliphatic rings. The second-order valence-electron chi connectivity index (χ2n) is 10.8. The second-order valence-corrected chi connectivity index (χ2v) is 10.8. The predicted molar refractivity (Wildman–Crippen MR) is 148 cm³/mol. The minimum atomic E-state index is -0.777. The number of benzene rings is 3. The first-order valence-corrected chi connectivity index (χ1v) is 12.9. The Labute approximate surface area is 228 Å². The Hall–Kier alpha value is -3.93. The molecule has 1 heterocycles. The van der Waals surface area contributed by atoms with Gasteiger partial charge in [-0.05, 0) is 73.1 Å². The average molecular weight is 524 g/mol. The monoisotopic (exact) mass is 524 g/mol. The van der Waals surface area contributed by atoms with Crippen molar-refractivity contribution in [1.82, 2.24) is 5.32 Å². The van der Waals surface area contributed by atoms with Crippen LogP contribution in [-0.2, 0) is 14.0 Å². The van der Waals surface area contributed by atoms with Crippen LogP contribution < -0.4 is 5.32 Å². The highest BCUT2D eigenvalue weighted by atomic mass is 19.1. The number of ether oxygens (including phenoxy) is 1. The van der Waals surface area contributed by atoms with E-state index in [0.29, 0.717) is 11.0 Å². The van der Waals surface area contributed by atoms with Crippen molar-refractivity contribution in [3.63, 3.8) is 0 Å². The third kappa shape index (κ3) is 5.20. The highest BCUT2D eigenvalue weighted by Gasteiger charge is 2.52. The molecule has 0 spiro atoms. The van der Waals surface area contributed by atoms with Gasteiger partial charge in [-0.2, -0.15) is 5.26 Å². The number of fused-ring (bicyclic) bond motifs is 3. The molecule has 198 valence electrons. The van der Waals surface area contributed by atoms with E-state index in [1.807, 2.05) is 58.0 Å². The molecular weight excluding hydrogens is 494 g/mol. The first-order chi connectivity index (χ1) is 18.6. The Kier molecular flexibility index (Phi) is 7.06. The van der Waals surface area contributed by atoms with Crippen molar-refractivity contribution in [3.05, 3.63) is 100 Å². The molecule has 1 amide bonds. The molecule has 0 bridgehead atoms. The summed E-state index contributed by atoms with van der Waals surface area (Å²) in [6, 6.07) is 22.3. The lowest BCUT2D eigenvalue weighted by atomic mass is 9.76. The average Bonchev–Trinajstić information content (AvgIpc) is 3.34. The van der Waals surface area contributed by atoms with Crippen molar-refractivity contribution in [2.45, 2.75) is 44.8 Å². The third-order valence-corrected chi connectivity index (χ3v) is 7.81. The van der Waals surface area contributed by atoms with E-state index in [-0.39, 0.29) is 24.6 Å². The molecule has 0 radical (unpaired) electrons. The van der Waals surface area contributed by atoms with Gasteiger partial charge in [0.1, 0.15) is 12.4 Å². The molecule has 1 fully saturated rings.